The van der Waals surface area contributed by atoms with E-state index < -0.39 is 5.97 Å². The predicted molar refractivity (Wildman–Crippen MR) is 123 cm³/mol. The molecular formula is C23H22N4O5S. The highest BCUT2D eigenvalue weighted by molar-refractivity contribution is 8.04. The Hall–Kier alpha value is -3.97. The number of carboxylic acids is 1. The van der Waals surface area contributed by atoms with Crippen molar-refractivity contribution < 1.29 is 24.1 Å². The van der Waals surface area contributed by atoms with Gasteiger partial charge in [-0.2, -0.15) is 5.26 Å². The largest absolute Gasteiger partial charge is 0.497 e. The van der Waals surface area contributed by atoms with E-state index in [0.717, 1.165) is 17.3 Å². The summed E-state index contributed by atoms with van der Waals surface area (Å²) in [5.74, 6) is 1.23. The van der Waals surface area contributed by atoms with E-state index in [1.54, 1.807) is 50.6 Å². The summed E-state index contributed by atoms with van der Waals surface area (Å²) in [5.41, 5.74) is 1.41. The van der Waals surface area contributed by atoms with Crippen molar-refractivity contribution in [3.8, 4) is 34.7 Å². The third kappa shape index (κ3) is 5.84. The number of carboxylic acid groups (broad SMARTS) is 1. The lowest BCUT2D eigenvalue weighted by Gasteiger charge is -2.10. The first-order chi connectivity index (χ1) is 16.0. The minimum absolute atomic E-state index is 0.0560. The molecule has 0 aliphatic heterocycles. The van der Waals surface area contributed by atoms with E-state index in [-0.39, 0.29) is 11.5 Å². The molecule has 1 aromatic heterocycles. The Morgan fingerprint density at radius 2 is 1.79 bits per heavy atom. The maximum atomic E-state index is 11.9. The highest BCUT2D eigenvalue weighted by Crippen LogP contribution is 2.33. The second-order valence-corrected chi connectivity index (χ2v) is 7.59. The molecule has 0 saturated carbocycles. The zero-order valence-corrected chi connectivity index (χ0v) is 19.1. The average molecular weight is 467 g/mol. The van der Waals surface area contributed by atoms with Crippen molar-refractivity contribution in [2.45, 2.75) is 18.6 Å². The van der Waals surface area contributed by atoms with Gasteiger partial charge in [0.15, 0.2) is 17.6 Å². The Morgan fingerprint density at radius 1 is 1.12 bits per heavy atom. The van der Waals surface area contributed by atoms with Crippen LogP contribution < -0.4 is 14.2 Å². The smallest absolute Gasteiger partial charge is 0.342 e. The molecule has 0 radical (unpaired) electrons. The fourth-order valence-electron chi connectivity index (χ4n) is 2.96. The average Bonchev–Trinajstić information content (AvgIpc) is 3.25. The van der Waals surface area contributed by atoms with Crippen LogP contribution in [0.4, 0.5) is 0 Å². The van der Waals surface area contributed by atoms with Gasteiger partial charge in [-0.1, -0.05) is 12.1 Å². The number of aromatic nitrogens is 3. The number of ether oxygens (including phenoxy) is 3. The van der Waals surface area contributed by atoms with Gasteiger partial charge in [-0.05, 0) is 54.6 Å². The van der Waals surface area contributed by atoms with Gasteiger partial charge in [0.2, 0.25) is 0 Å². The molecular weight excluding hydrogens is 444 g/mol. The molecule has 2 aromatic carbocycles. The molecule has 0 amide bonds. The topological polar surface area (TPSA) is 119 Å². The minimum Gasteiger partial charge on any atom is -0.497 e. The molecule has 0 spiro atoms. The second kappa shape index (κ2) is 11.1. The van der Waals surface area contributed by atoms with Crippen LogP contribution in [0.15, 0.2) is 52.5 Å². The number of aliphatic carboxylic acids is 1. The summed E-state index contributed by atoms with van der Waals surface area (Å²) in [6, 6.07) is 14.1. The second-order valence-electron chi connectivity index (χ2n) is 6.58. The van der Waals surface area contributed by atoms with Gasteiger partial charge in [-0.3, -0.25) is 0 Å². The van der Waals surface area contributed by atoms with Crippen LogP contribution in [0.1, 0.15) is 12.5 Å². The van der Waals surface area contributed by atoms with Crippen molar-refractivity contribution in [1.29, 1.82) is 5.26 Å². The molecule has 0 bridgehead atoms. The van der Waals surface area contributed by atoms with Crippen molar-refractivity contribution in [3.63, 3.8) is 0 Å². The lowest BCUT2D eigenvalue weighted by Crippen LogP contribution is -2.03. The summed E-state index contributed by atoms with van der Waals surface area (Å²) in [6.45, 7) is 2.40. The molecule has 33 heavy (non-hydrogen) atoms. The lowest BCUT2D eigenvalue weighted by atomic mass is 10.2. The molecule has 9 nitrogen and oxygen atoms in total. The number of carbonyl (C=O) groups is 1. The number of nitrogens with zero attached hydrogens (tertiary/aromatic N) is 4. The fraction of sp³-hybridized carbons (Fsp3) is 0.217. The number of benzene rings is 2. The van der Waals surface area contributed by atoms with Crippen LogP contribution in [-0.4, -0.2) is 46.7 Å². The van der Waals surface area contributed by atoms with Gasteiger partial charge >= 0.3 is 5.97 Å². The standard InChI is InChI=1S/C23H22N4O5S/c1-4-27-21(16-12-18(30-2)14-19(13-16)31-3)25-26-23(27)33-20(22(28)29)11-15-5-7-17(8-6-15)32-10-9-24/h5-8,11-14H,4,10H2,1-3H3,(H,28,29)/b20-11-. The predicted octanol–water partition coefficient (Wildman–Crippen LogP) is 4.10. The van der Waals surface area contributed by atoms with Gasteiger partial charge in [-0.15, -0.1) is 10.2 Å². The van der Waals surface area contributed by atoms with Crippen LogP contribution in [-0.2, 0) is 11.3 Å². The van der Waals surface area contributed by atoms with E-state index in [1.165, 1.54) is 0 Å². The SMILES string of the molecule is CCn1c(S/C(=C\c2ccc(OCC#N)cc2)C(=O)O)nnc1-c1cc(OC)cc(OC)c1. The molecule has 0 fully saturated rings. The number of hydrogen-bond donors (Lipinski definition) is 1. The fourth-order valence-corrected chi connectivity index (χ4v) is 3.85. The number of rotatable bonds is 10. The first kappa shape index (κ1) is 23.7. The summed E-state index contributed by atoms with van der Waals surface area (Å²) >= 11 is 1.01. The highest BCUT2D eigenvalue weighted by atomic mass is 32.2. The van der Waals surface area contributed by atoms with Crippen LogP contribution in [0.25, 0.3) is 17.5 Å². The van der Waals surface area contributed by atoms with Crippen molar-refractivity contribution in [1.82, 2.24) is 14.8 Å². The molecule has 0 aliphatic rings. The number of nitriles is 1. The van der Waals surface area contributed by atoms with Gasteiger partial charge in [0.25, 0.3) is 0 Å². The Labute approximate surface area is 195 Å². The van der Waals surface area contributed by atoms with Crippen molar-refractivity contribution >= 4 is 23.8 Å². The summed E-state index contributed by atoms with van der Waals surface area (Å²) in [4.78, 5) is 12.0. The Balaban J connectivity index is 1.92. The van der Waals surface area contributed by atoms with Gasteiger partial charge in [0, 0.05) is 18.2 Å². The summed E-state index contributed by atoms with van der Waals surface area (Å²) in [5, 5.41) is 27.3. The van der Waals surface area contributed by atoms with E-state index in [1.807, 2.05) is 29.7 Å². The lowest BCUT2D eigenvalue weighted by molar-refractivity contribution is -0.131. The Morgan fingerprint density at radius 3 is 2.33 bits per heavy atom. The molecule has 170 valence electrons. The molecule has 1 N–H and O–H groups in total. The van der Waals surface area contributed by atoms with Crippen LogP contribution in [0.2, 0.25) is 0 Å². The van der Waals surface area contributed by atoms with Crippen molar-refractivity contribution in [2.24, 2.45) is 0 Å². The van der Waals surface area contributed by atoms with Crippen molar-refractivity contribution in [3.05, 3.63) is 52.9 Å². The van der Waals surface area contributed by atoms with E-state index in [4.69, 9.17) is 19.5 Å². The first-order valence-electron chi connectivity index (χ1n) is 9.88. The maximum Gasteiger partial charge on any atom is 0.342 e. The van der Waals surface area contributed by atoms with Crippen LogP contribution in [0, 0.1) is 11.3 Å². The van der Waals surface area contributed by atoms with Crippen LogP contribution >= 0.6 is 11.8 Å². The Bertz CT molecular complexity index is 1180. The number of hydrogen-bond acceptors (Lipinski definition) is 8. The van der Waals surface area contributed by atoms with Gasteiger partial charge in [0.1, 0.15) is 28.2 Å². The Kier molecular flexibility index (Phi) is 7.94. The molecule has 10 heteroatoms. The quantitative estimate of drug-likeness (QED) is 0.348. The zero-order chi connectivity index (χ0) is 23.8. The molecule has 3 rings (SSSR count). The number of methoxy groups -OCH3 is 2. The van der Waals surface area contributed by atoms with Gasteiger partial charge in [0.05, 0.1) is 14.2 Å². The van der Waals surface area contributed by atoms with Crippen LogP contribution in [0.3, 0.4) is 0 Å². The van der Waals surface area contributed by atoms with E-state index in [9.17, 15) is 9.90 Å². The third-order valence-corrected chi connectivity index (χ3v) is 5.53. The molecule has 0 unspecified atom stereocenters. The highest BCUT2D eigenvalue weighted by Gasteiger charge is 2.19. The van der Waals surface area contributed by atoms with E-state index in [0.29, 0.717) is 40.3 Å². The molecule has 0 aliphatic carbocycles. The zero-order valence-electron chi connectivity index (χ0n) is 18.3. The molecule has 3 aromatic rings. The van der Waals surface area contributed by atoms with E-state index in [2.05, 4.69) is 10.2 Å². The minimum atomic E-state index is -1.08. The third-order valence-electron chi connectivity index (χ3n) is 4.54. The monoisotopic (exact) mass is 466 g/mol. The van der Waals surface area contributed by atoms with Crippen molar-refractivity contribution in [2.75, 3.05) is 20.8 Å². The molecule has 0 saturated heterocycles. The maximum absolute atomic E-state index is 11.9. The summed E-state index contributed by atoms with van der Waals surface area (Å²) in [7, 11) is 3.13. The van der Waals surface area contributed by atoms with E-state index >= 15 is 0 Å². The first-order valence-corrected chi connectivity index (χ1v) is 10.7. The molecule has 0 atom stereocenters. The van der Waals surface area contributed by atoms with Gasteiger partial charge in [-0.25, -0.2) is 4.79 Å². The van der Waals surface area contributed by atoms with Crippen LogP contribution in [0.5, 0.6) is 17.2 Å². The van der Waals surface area contributed by atoms with Gasteiger partial charge < -0.3 is 23.9 Å². The summed E-state index contributed by atoms with van der Waals surface area (Å²) in [6.07, 6.45) is 1.55. The summed E-state index contributed by atoms with van der Waals surface area (Å²) < 4.78 is 17.7. The number of thioether (sulfide) groups is 1. The molecule has 1 heterocycles. The normalized spacial score (nSPS) is 11.0.